The highest BCUT2D eigenvalue weighted by Gasteiger charge is 2.32. The second kappa shape index (κ2) is 9.53. The molecule has 5 nitrogen and oxygen atoms in total. The van der Waals surface area contributed by atoms with Gasteiger partial charge in [0.15, 0.2) is 0 Å². The number of amides is 1. The number of rotatable bonds is 7. The molecule has 1 amide bonds. The largest absolute Gasteiger partial charge is 0.450 e. The number of hydrogen-bond donors (Lipinski definition) is 1. The van der Waals surface area contributed by atoms with Crippen LogP contribution in [-0.2, 0) is 20.8 Å². The molecule has 0 unspecified atom stereocenters. The van der Waals surface area contributed by atoms with Crippen LogP contribution < -0.4 is 5.32 Å². The van der Waals surface area contributed by atoms with Crippen LogP contribution in [0.2, 0.25) is 0 Å². The standard InChI is InChI=1S/C18H27NO4/c1-3-23-18(20)19-16-11-15(9-10-17(16)21-2)13-22-12-14-7-5-4-6-8-14/h4-8,15-17H,3,9-13H2,1-2H3,(H,19,20)/t15-,16+,17+/m0/s1. The van der Waals surface area contributed by atoms with Gasteiger partial charge in [0.25, 0.3) is 0 Å². The number of ether oxygens (including phenoxy) is 3. The molecule has 0 aliphatic heterocycles. The molecule has 3 atom stereocenters. The number of hydrogen-bond acceptors (Lipinski definition) is 4. The van der Waals surface area contributed by atoms with E-state index >= 15 is 0 Å². The Morgan fingerprint density at radius 2 is 2.04 bits per heavy atom. The Morgan fingerprint density at radius 3 is 2.74 bits per heavy atom. The van der Waals surface area contributed by atoms with E-state index in [4.69, 9.17) is 14.2 Å². The molecule has 23 heavy (non-hydrogen) atoms. The average Bonchev–Trinajstić information content (AvgIpc) is 2.56. The zero-order valence-electron chi connectivity index (χ0n) is 14.0. The molecule has 2 rings (SSSR count). The predicted octanol–water partition coefficient (Wildman–Crippen LogP) is 3.13. The van der Waals surface area contributed by atoms with Crippen LogP contribution in [0.3, 0.4) is 0 Å². The highest BCUT2D eigenvalue weighted by atomic mass is 16.5. The van der Waals surface area contributed by atoms with E-state index < -0.39 is 0 Å². The lowest BCUT2D eigenvalue weighted by molar-refractivity contribution is 0.00163. The van der Waals surface area contributed by atoms with E-state index in [1.807, 2.05) is 18.2 Å². The zero-order valence-corrected chi connectivity index (χ0v) is 14.0. The lowest BCUT2D eigenvalue weighted by Crippen LogP contribution is -2.48. The highest BCUT2D eigenvalue weighted by Crippen LogP contribution is 2.27. The fourth-order valence-corrected chi connectivity index (χ4v) is 3.06. The van der Waals surface area contributed by atoms with Crippen molar-refractivity contribution in [2.24, 2.45) is 5.92 Å². The first kappa shape index (κ1) is 17.8. The lowest BCUT2D eigenvalue weighted by atomic mass is 9.84. The van der Waals surface area contributed by atoms with Gasteiger partial charge in [-0.1, -0.05) is 30.3 Å². The Bertz CT molecular complexity index is 465. The molecule has 0 heterocycles. The summed E-state index contributed by atoms with van der Waals surface area (Å²) < 4.78 is 16.3. The minimum Gasteiger partial charge on any atom is -0.450 e. The maximum atomic E-state index is 11.7. The van der Waals surface area contributed by atoms with Gasteiger partial charge >= 0.3 is 6.09 Å². The number of nitrogens with one attached hydrogen (secondary N) is 1. The SMILES string of the molecule is CCOC(=O)N[C@@H]1C[C@@H](COCc2ccccc2)CC[C@H]1OC. The molecule has 0 spiro atoms. The molecule has 0 radical (unpaired) electrons. The van der Waals surface area contributed by atoms with Gasteiger partial charge in [-0.15, -0.1) is 0 Å². The quantitative estimate of drug-likeness (QED) is 0.838. The van der Waals surface area contributed by atoms with Gasteiger partial charge in [-0.3, -0.25) is 0 Å². The van der Waals surface area contributed by atoms with Crippen molar-refractivity contribution in [3.05, 3.63) is 35.9 Å². The third-order valence-corrected chi connectivity index (χ3v) is 4.24. The second-order valence-electron chi connectivity index (χ2n) is 5.93. The van der Waals surface area contributed by atoms with Crippen molar-refractivity contribution >= 4 is 6.09 Å². The summed E-state index contributed by atoms with van der Waals surface area (Å²) in [6.07, 6.45) is 2.50. The molecule has 1 aliphatic rings. The monoisotopic (exact) mass is 321 g/mol. The van der Waals surface area contributed by atoms with E-state index in [0.717, 1.165) is 19.3 Å². The first-order valence-corrected chi connectivity index (χ1v) is 8.30. The van der Waals surface area contributed by atoms with Gasteiger partial charge < -0.3 is 19.5 Å². The van der Waals surface area contributed by atoms with Crippen molar-refractivity contribution in [3.8, 4) is 0 Å². The second-order valence-corrected chi connectivity index (χ2v) is 5.93. The van der Waals surface area contributed by atoms with E-state index in [9.17, 15) is 4.79 Å². The lowest BCUT2D eigenvalue weighted by Gasteiger charge is -2.35. The van der Waals surface area contributed by atoms with Crippen molar-refractivity contribution in [1.82, 2.24) is 5.32 Å². The molecule has 0 aromatic heterocycles. The number of alkyl carbamates (subject to hydrolysis) is 1. The van der Waals surface area contributed by atoms with Crippen LogP contribution in [0.5, 0.6) is 0 Å². The Hall–Kier alpha value is -1.59. The van der Waals surface area contributed by atoms with Gasteiger partial charge in [0.1, 0.15) is 0 Å². The van der Waals surface area contributed by atoms with Gasteiger partial charge in [-0.25, -0.2) is 4.79 Å². The Kier molecular flexibility index (Phi) is 7.36. The summed E-state index contributed by atoms with van der Waals surface area (Å²) in [5, 5.41) is 2.92. The molecule has 1 fully saturated rings. The minimum absolute atomic E-state index is 0.0156. The average molecular weight is 321 g/mol. The van der Waals surface area contributed by atoms with Crippen LogP contribution in [-0.4, -0.2) is 38.6 Å². The van der Waals surface area contributed by atoms with Crippen molar-refractivity contribution < 1.29 is 19.0 Å². The van der Waals surface area contributed by atoms with Crippen LogP contribution in [0.25, 0.3) is 0 Å². The van der Waals surface area contributed by atoms with E-state index in [2.05, 4.69) is 17.4 Å². The van der Waals surface area contributed by atoms with Gasteiger partial charge in [0.05, 0.1) is 25.4 Å². The van der Waals surface area contributed by atoms with Crippen LogP contribution in [0.4, 0.5) is 4.79 Å². The maximum Gasteiger partial charge on any atom is 0.407 e. The molecule has 5 heteroatoms. The third kappa shape index (κ3) is 5.84. The fraction of sp³-hybridized carbons (Fsp3) is 0.611. The Labute approximate surface area is 138 Å². The predicted molar refractivity (Wildman–Crippen MR) is 88.2 cm³/mol. The van der Waals surface area contributed by atoms with E-state index in [1.165, 1.54) is 5.56 Å². The molecule has 1 aliphatic carbocycles. The molecule has 0 bridgehead atoms. The molecule has 1 aromatic carbocycles. The molecular weight excluding hydrogens is 294 g/mol. The molecular formula is C18H27NO4. The van der Waals surface area contributed by atoms with Crippen LogP contribution in [0, 0.1) is 5.92 Å². The first-order chi connectivity index (χ1) is 11.2. The molecule has 1 saturated carbocycles. The van der Waals surface area contributed by atoms with Crippen molar-refractivity contribution in [1.29, 1.82) is 0 Å². The number of benzene rings is 1. The van der Waals surface area contributed by atoms with E-state index in [-0.39, 0.29) is 18.2 Å². The minimum atomic E-state index is -0.370. The molecule has 1 N–H and O–H groups in total. The summed E-state index contributed by atoms with van der Waals surface area (Å²) in [4.78, 5) is 11.7. The summed E-state index contributed by atoms with van der Waals surface area (Å²) in [6.45, 7) is 3.50. The van der Waals surface area contributed by atoms with Crippen molar-refractivity contribution in [2.75, 3.05) is 20.3 Å². The topological polar surface area (TPSA) is 56.8 Å². The Morgan fingerprint density at radius 1 is 1.26 bits per heavy atom. The van der Waals surface area contributed by atoms with Crippen LogP contribution >= 0.6 is 0 Å². The highest BCUT2D eigenvalue weighted by molar-refractivity contribution is 5.67. The smallest absolute Gasteiger partial charge is 0.407 e. The number of methoxy groups -OCH3 is 1. The van der Waals surface area contributed by atoms with E-state index in [1.54, 1.807) is 14.0 Å². The number of carbonyl (C=O) groups excluding carboxylic acids is 1. The number of carbonyl (C=O) groups is 1. The van der Waals surface area contributed by atoms with Gasteiger partial charge in [0.2, 0.25) is 0 Å². The van der Waals surface area contributed by atoms with Gasteiger partial charge in [-0.05, 0) is 37.7 Å². The van der Waals surface area contributed by atoms with Crippen LogP contribution in [0.1, 0.15) is 31.7 Å². The first-order valence-electron chi connectivity index (χ1n) is 8.30. The molecule has 1 aromatic rings. The van der Waals surface area contributed by atoms with Crippen molar-refractivity contribution in [3.63, 3.8) is 0 Å². The summed E-state index contributed by atoms with van der Waals surface area (Å²) in [6, 6.07) is 10.1. The summed E-state index contributed by atoms with van der Waals surface area (Å²) in [5.74, 6) is 0.428. The molecule has 0 saturated heterocycles. The maximum absolute atomic E-state index is 11.7. The molecule has 128 valence electrons. The van der Waals surface area contributed by atoms with E-state index in [0.29, 0.717) is 25.7 Å². The summed E-state index contributed by atoms with van der Waals surface area (Å²) >= 11 is 0. The van der Waals surface area contributed by atoms with Crippen molar-refractivity contribution in [2.45, 2.75) is 44.9 Å². The van der Waals surface area contributed by atoms with Gasteiger partial charge in [-0.2, -0.15) is 0 Å². The zero-order chi connectivity index (χ0) is 16.5. The van der Waals surface area contributed by atoms with Gasteiger partial charge in [0, 0.05) is 13.7 Å². The Balaban J connectivity index is 1.78. The summed E-state index contributed by atoms with van der Waals surface area (Å²) in [5.41, 5.74) is 1.18. The van der Waals surface area contributed by atoms with Crippen LogP contribution in [0.15, 0.2) is 30.3 Å². The normalized spacial score (nSPS) is 24.2. The fourth-order valence-electron chi connectivity index (χ4n) is 3.06. The third-order valence-electron chi connectivity index (χ3n) is 4.24. The summed E-state index contributed by atoms with van der Waals surface area (Å²) in [7, 11) is 1.69.